The minimum absolute atomic E-state index is 0.148. The molecular weight excluding hydrogens is 246 g/mol. The number of likely N-dealkylation sites (N-methyl/N-ethyl adjacent to an activating group) is 1. The van der Waals surface area contributed by atoms with E-state index in [0.717, 1.165) is 35.3 Å². The van der Waals surface area contributed by atoms with Gasteiger partial charge in [0.05, 0.1) is 6.61 Å². The number of aliphatic hydroxyl groups excluding tert-OH is 1. The van der Waals surface area contributed by atoms with Crippen molar-refractivity contribution in [3.05, 3.63) is 17.5 Å². The van der Waals surface area contributed by atoms with Crippen LogP contribution in [0.15, 0.2) is 11.2 Å². The molecule has 0 spiro atoms. The molecule has 1 unspecified atom stereocenters. The van der Waals surface area contributed by atoms with E-state index in [1.54, 1.807) is 11.8 Å². The fourth-order valence-corrected chi connectivity index (χ4v) is 2.93. The molecule has 1 heterocycles. The summed E-state index contributed by atoms with van der Waals surface area (Å²) >= 11 is 1.64. The van der Waals surface area contributed by atoms with Crippen molar-refractivity contribution in [3.63, 3.8) is 0 Å². The van der Waals surface area contributed by atoms with E-state index in [1.165, 1.54) is 0 Å². The van der Waals surface area contributed by atoms with Gasteiger partial charge in [-0.15, -0.1) is 0 Å². The number of aromatic nitrogens is 2. The Kier molecular flexibility index (Phi) is 6.05. The number of aliphatic hydroxyl groups is 1. The van der Waals surface area contributed by atoms with Crippen LogP contribution in [-0.2, 0) is 0 Å². The zero-order valence-electron chi connectivity index (χ0n) is 11.7. The molecule has 2 N–H and O–H groups in total. The first kappa shape index (κ1) is 15.4. The SMILES string of the molecule is CCNC(C)(CO)CCSc1nc(C)cc(C)n1. The lowest BCUT2D eigenvalue weighted by atomic mass is 10.0. The molecule has 0 fully saturated rings. The molecular formula is C13H23N3OS. The molecule has 0 bridgehead atoms. The van der Waals surface area contributed by atoms with Crippen LogP contribution in [-0.4, -0.2) is 39.5 Å². The number of rotatable bonds is 7. The molecule has 1 rings (SSSR count). The summed E-state index contributed by atoms with van der Waals surface area (Å²) in [7, 11) is 0. The first-order valence-electron chi connectivity index (χ1n) is 6.30. The number of nitrogens with one attached hydrogen (secondary N) is 1. The van der Waals surface area contributed by atoms with Crippen molar-refractivity contribution < 1.29 is 5.11 Å². The van der Waals surface area contributed by atoms with Gasteiger partial charge in [0, 0.05) is 22.7 Å². The average Bonchev–Trinajstić information content (AvgIpc) is 2.28. The van der Waals surface area contributed by atoms with Gasteiger partial charge in [0.25, 0.3) is 0 Å². The van der Waals surface area contributed by atoms with Crippen molar-refractivity contribution in [1.29, 1.82) is 0 Å². The minimum Gasteiger partial charge on any atom is -0.394 e. The van der Waals surface area contributed by atoms with Crippen LogP contribution < -0.4 is 5.32 Å². The summed E-state index contributed by atoms with van der Waals surface area (Å²) < 4.78 is 0. The molecule has 102 valence electrons. The monoisotopic (exact) mass is 269 g/mol. The molecule has 0 radical (unpaired) electrons. The number of aryl methyl sites for hydroxylation is 2. The van der Waals surface area contributed by atoms with E-state index in [4.69, 9.17) is 0 Å². The van der Waals surface area contributed by atoms with Gasteiger partial charge in [0.1, 0.15) is 0 Å². The Hall–Kier alpha value is -0.650. The van der Waals surface area contributed by atoms with Gasteiger partial charge < -0.3 is 10.4 Å². The van der Waals surface area contributed by atoms with Gasteiger partial charge in [-0.2, -0.15) is 0 Å². The summed E-state index contributed by atoms with van der Waals surface area (Å²) in [6.07, 6.45) is 0.887. The average molecular weight is 269 g/mol. The van der Waals surface area contributed by atoms with Gasteiger partial charge in [0.2, 0.25) is 0 Å². The molecule has 0 aliphatic heterocycles. The highest BCUT2D eigenvalue weighted by Gasteiger charge is 2.21. The molecule has 0 saturated carbocycles. The number of hydrogen-bond acceptors (Lipinski definition) is 5. The van der Waals surface area contributed by atoms with E-state index < -0.39 is 0 Å². The maximum absolute atomic E-state index is 9.40. The minimum atomic E-state index is -0.208. The van der Waals surface area contributed by atoms with E-state index in [1.807, 2.05) is 33.8 Å². The number of nitrogens with zero attached hydrogens (tertiary/aromatic N) is 2. The standard InChI is InChI=1S/C13H23N3OS/c1-5-14-13(4,9-17)6-7-18-12-15-10(2)8-11(3)16-12/h8,14,17H,5-7,9H2,1-4H3. The van der Waals surface area contributed by atoms with E-state index in [9.17, 15) is 5.11 Å². The van der Waals surface area contributed by atoms with Crippen LogP contribution in [0.4, 0.5) is 0 Å². The van der Waals surface area contributed by atoms with Crippen LogP contribution in [0.3, 0.4) is 0 Å². The van der Waals surface area contributed by atoms with Crippen LogP contribution in [0.1, 0.15) is 31.7 Å². The zero-order valence-corrected chi connectivity index (χ0v) is 12.5. The Morgan fingerprint density at radius 2 is 1.94 bits per heavy atom. The van der Waals surface area contributed by atoms with E-state index >= 15 is 0 Å². The quantitative estimate of drug-likeness (QED) is 0.585. The smallest absolute Gasteiger partial charge is 0.187 e. The van der Waals surface area contributed by atoms with E-state index in [-0.39, 0.29) is 12.1 Å². The lowest BCUT2D eigenvalue weighted by Gasteiger charge is -2.28. The second-order valence-corrected chi connectivity index (χ2v) is 5.84. The van der Waals surface area contributed by atoms with E-state index in [2.05, 4.69) is 15.3 Å². The van der Waals surface area contributed by atoms with Crippen molar-refractivity contribution in [2.24, 2.45) is 0 Å². The molecule has 0 amide bonds. The molecule has 1 atom stereocenters. The molecule has 4 nitrogen and oxygen atoms in total. The van der Waals surface area contributed by atoms with Crippen LogP contribution >= 0.6 is 11.8 Å². The predicted molar refractivity (Wildman–Crippen MR) is 76.0 cm³/mol. The van der Waals surface area contributed by atoms with Crippen molar-refractivity contribution in [1.82, 2.24) is 15.3 Å². The second-order valence-electron chi connectivity index (χ2n) is 4.78. The summed E-state index contributed by atoms with van der Waals surface area (Å²) in [6.45, 7) is 9.06. The van der Waals surface area contributed by atoms with Crippen LogP contribution in [0.5, 0.6) is 0 Å². The van der Waals surface area contributed by atoms with Crippen molar-refractivity contribution >= 4 is 11.8 Å². The van der Waals surface area contributed by atoms with Crippen molar-refractivity contribution in [3.8, 4) is 0 Å². The third-order valence-electron chi connectivity index (χ3n) is 2.80. The Bertz CT molecular complexity index is 366. The fourth-order valence-electron chi connectivity index (χ4n) is 1.78. The Morgan fingerprint density at radius 1 is 1.33 bits per heavy atom. The second kappa shape index (κ2) is 7.07. The van der Waals surface area contributed by atoms with Gasteiger partial charge in [-0.1, -0.05) is 18.7 Å². The normalized spacial score (nSPS) is 14.5. The molecule has 1 aromatic rings. The molecule has 5 heteroatoms. The number of hydrogen-bond donors (Lipinski definition) is 2. The molecule has 0 aliphatic rings. The molecule has 0 aliphatic carbocycles. The highest BCUT2D eigenvalue weighted by Crippen LogP contribution is 2.19. The summed E-state index contributed by atoms with van der Waals surface area (Å²) in [6, 6.07) is 1.97. The third kappa shape index (κ3) is 4.92. The third-order valence-corrected chi connectivity index (χ3v) is 3.65. The lowest BCUT2D eigenvalue weighted by Crippen LogP contribution is -2.46. The van der Waals surface area contributed by atoms with Gasteiger partial charge in [-0.05, 0) is 39.8 Å². The molecule has 0 saturated heterocycles. The molecule has 0 aromatic carbocycles. The van der Waals surface area contributed by atoms with Gasteiger partial charge in [0.15, 0.2) is 5.16 Å². The summed E-state index contributed by atoms with van der Waals surface area (Å²) in [5, 5.41) is 13.5. The molecule has 1 aromatic heterocycles. The topological polar surface area (TPSA) is 58.0 Å². The first-order valence-corrected chi connectivity index (χ1v) is 7.28. The van der Waals surface area contributed by atoms with Crippen LogP contribution in [0.25, 0.3) is 0 Å². The first-order chi connectivity index (χ1) is 8.49. The highest BCUT2D eigenvalue weighted by molar-refractivity contribution is 7.99. The van der Waals surface area contributed by atoms with Crippen LogP contribution in [0.2, 0.25) is 0 Å². The van der Waals surface area contributed by atoms with Gasteiger partial charge in [-0.25, -0.2) is 9.97 Å². The van der Waals surface area contributed by atoms with Crippen LogP contribution in [0, 0.1) is 13.8 Å². The predicted octanol–water partition coefficient (Wildman–Crippen LogP) is 1.94. The van der Waals surface area contributed by atoms with Crippen molar-refractivity contribution in [2.45, 2.75) is 44.8 Å². The zero-order chi connectivity index (χ0) is 13.6. The largest absolute Gasteiger partial charge is 0.394 e. The summed E-state index contributed by atoms with van der Waals surface area (Å²) in [5.41, 5.74) is 1.80. The lowest BCUT2D eigenvalue weighted by molar-refractivity contribution is 0.173. The van der Waals surface area contributed by atoms with Gasteiger partial charge in [-0.3, -0.25) is 0 Å². The maximum Gasteiger partial charge on any atom is 0.187 e. The molecule has 18 heavy (non-hydrogen) atoms. The Labute approximate surface area is 114 Å². The van der Waals surface area contributed by atoms with Gasteiger partial charge >= 0.3 is 0 Å². The highest BCUT2D eigenvalue weighted by atomic mass is 32.2. The van der Waals surface area contributed by atoms with E-state index in [0.29, 0.717) is 0 Å². The van der Waals surface area contributed by atoms with Crippen molar-refractivity contribution in [2.75, 3.05) is 18.9 Å². The fraction of sp³-hybridized carbons (Fsp3) is 0.692. The Balaban J connectivity index is 2.50. The summed E-state index contributed by atoms with van der Waals surface area (Å²) in [5.74, 6) is 0.896. The number of thioether (sulfide) groups is 1. The summed E-state index contributed by atoms with van der Waals surface area (Å²) in [4.78, 5) is 8.79. The Morgan fingerprint density at radius 3 is 2.44 bits per heavy atom. The maximum atomic E-state index is 9.40.